The van der Waals surface area contributed by atoms with Crippen molar-refractivity contribution in [3.63, 3.8) is 0 Å². The molecule has 1 N–H and O–H groups in total. The summed E-state index contributed by atoms with van der Waals surface area (Å²) in [7, 11) is 2.01. The van der Waals surface area contributed by atoms with Gasteiger partial charge in [-0.3, -0.25) is 0 Å². The number of unbranched alkanes of at least 4 members (excludes halogenated alkanes) is 3. The van der Waals surface area contributed by atoms with Crippen molar-refractivity contribution in [1.29, 1.82) is 0 Å². The maximum atomic E-state index is 13.3. The highest BCUT2D eigenvalue weighted by molar-refractivity contribution is 5.81. The van der Waals surface area contributed by atoms with E-state index in [0.29, 0.717) is 29.6 Å². The molecule has 0 spiro atoms. The van der Waals surface area contributed by atoms with Gasteiger partial charge in [-0.1, -0.05) is 69.4 Å². The second-order valence-corrected chi connectivity index (χ2v) is 9.89. The van der Waals surface area contributed by atoms with E-state index in [4.69, 9.17) is 9.47 Å². The van der Waals surface area contributed by atoms with Gasteiger partial charge in [0.05, 0.1) is 20.2 Å². The van der Waals surface area contributed by atoms with E-state index >= 15 is 0 Å². The van der Waals surface area contributed by atoms with Gasteiger partial charge in [0.1, 0.15) is 6.54 Å². The Morgan fingerprint density at radius 2 is 1.81 bits per heavy atom. The quantitative estimate of drug-likeness (QED) is 0.317. The van der Waals surface area contributed by atoms with E-state index in [9.17, 15) is 14.7 Å². The molecule has 1 aliphatic heterocycles. The summed E-state index contributed by atoms with van der Waals surface area (Å²) in [6.45, 7) is 4.22. The Morgan fingerprint density at radius 3 is 2.50 bits per heavy atom. The van der Waals surface area contributed by atoms with Crippen LogP contribution in [0.3, 0.4) is 0 Å². The molecule has 6 heteroatoms. The maximum Gasteiger partial charge on any atom is 0.361 e. The molecule has 0 aromatic heterocycles. The molecule has 3 rings (SSSR count). The standard InChI is InChI=1S/C26H40NO5/c1-3-4-5-11-18-31-24(28)20-27(2)17-16-23(19-27)32-25(29)26(30,22-14-9-10-15-22)21-12-7-6-8-13-21/h6-8,12-13,22-23,30H,3-5,9-11,14-20H2,1-2H3/q+1/t23-,26+,27-/m1/s1. The predicted molar refractivity (Wildman–Crippen MR) is 123 cm³/mol. The molecule has 1 saturated carbocycles. The molecule has 1 heterocycles. The van der Waals surface area contributed by atoms with Gasteiger partial charge in [-0.15, -0.1) is 0 Å². The number of ether oxygens (including phenoxy) is 2. The minimum absolute atomic E-state index is 0.123. The fourth-order valence-electron chi connectivity index (χ4n) is 5.24. The van der Waals surface area contributed by atoms with E-state index in [1.54, 1.807) is 0 Å². The van der Waals surface area contributed by atoms with Crippen LogP contribution in [-0.2, 0) is 24.7 Å². The second-order valence-electron chi connectivity index (χ2n) is 9.89. The van der Waals surface area contributed by atoms with Crippen LogP contribution in [0, 0.1) is 5.92 Å². The summed E-state index contributed by atoms with van der Waals surface area (Å²) in [6, 6.07) is 9.20. The van der Waals surface area contributed by atoms with Gasteiger partial charge in [0, 0.05) is 12.3 Å². The summed E-state index contributed by atoms with van der Waals surface area (Å²) < 4.78 is 11.8. The van der Waals surface area contributed by atoms with Crippen molar-refractivity contribution in [3.05, 3.63) is 35.9 Å². The fraction of sp³-hybridized carbons (Fsp3) is 0.692. The molecule has 178 valence electrons. The van der Waals surface area contributed by atoms with Crippen molar-refractivity contribution in [2.24, 2.45) is 5.92 Å². The van der Waals surface area contributed by atoms with E-state index in [0.717, 1.165) is 57.9 Å². The fourth-order valence-corrected chi connectivity index (χ4v) is 5.24. The molecule has 3 atom stereocenters. The van der Waals surface area contributed by atoms with Crippen LogP contribution in [0.2, 0.25) is 0 Å². The smallest absolute Gasteiger partial charge is 0.361 e. The van der Waals surface area contributed by atoms with Crippen molar-refractivity contribution >= 4 is 11.9 Å². The van der Waals surface area contributed by atoms with Crippen LogP contribution in [-0.4, -0.2) is 60.9 Å². The van der Waals surface area contributed by atoms with Gasteiger partial charge in [-0.25, -0.2) is 9.59 Å². The number of likely N-dealkylation sites (N-methyl/N-ethyl adjacent to an activating group) is 1. The van der Waals surface area contributed by atoms with Crippen molar-refractivity contribution in [1.82, 2.24) is 0 Å². The third-order valence-corrected chi connectivity index (χ3v) is 7.15. The minimum atomic E-state index is -1.61. The third kappa shape index (κ3) is 6.10. The first kappa shape index (κ1) is 24.7. The number of rotatable bonds is 11. The molecule has 2 aliphatic rings. The molecule has 1 aromatic carbocycles. The monoisotopic (exact) mass is 446 g/mol. The summed E-state index contributed by atoms with van der Waals surface area (Å²) in [5.41, 5.74) is -1.000. The van der Waals surface area contributed by atoms with E-state index in [1.807, 2.05) is 37.4 Å². The lowest BCUT2D eigenvalue weighted by Gasteiger charge is -2.33. The van der Waals surface area contributed by atoms with Gasteiger partial charge in [0.25, 0.3) is 0 Å². The Bertz CT molecular complexity index is 748. The van der Waals surface area contributed by atoms with Crippen LogP contribution >= 0.6 is 0 Å². The number of carbonyl (C=O) groups is 2. The van der Waals surface area contributed by atoms with Gasteiger partial charge in [0.2, 0.25) is 0 Å². The number of hydrogen-bond acceptors (Lipinski definition) is 5. The zero-order valence-electron chi connectivity index (χ0n) is 19.8. The maximum absolute atomic E-state index is 13.3. The van der Waals surface area contributed by atoms with Crippen LogP contribution in [0.15, 0.2) is 30.3 Å². The average Bonchev–Trinajstić information content (AvgIpc) is 3.44. The summed E-state index contributed by atoms with van der Waals surface area (Å²) in [5.74, 6) is -0.863. The molecule has 1 aliphatic carbocycles. The molecular weight excluding hydrogens is 406 g/mol. The number of carbonyl (C=O) groups excluding carboxylic acids is 2. The minimum Gasteiger partial charge on any atom is -0.462 e. The summed E-state index contributed by atoms with van der Waals surface area (Å²) in [5, 5.41) is 11.6. The van der Waals surface area contributed by atoms with Crippen molar-refractivity contribution < 1.29 is 28.7 Å². The van der Waals surface area contributed by atoms with E-state index in [-0.39, 0.29) is 24.5 Å². The molecule has 0 amide bonds. The average molecular weight is 447 g/mol. The Morgan fingerprint density at radius 1 is 1.09 bits per heavy atom. The molecule has 0 radical (unpaired) electrons. The van der Waals surface area contributed by atoms with Crippen LogP contribution in [0.5, 0.6) is 0 Å². The highest BCUT2D eigenvalue weighted by Gasteiger charge is 2.50. The number of quaternary nitrogens is 1. The molecule has 0 bridgehead atoms. The molecule has 1 aromatic rings. The van der Waals surface area contributed by atoms with Crippen molar-refractivity contribution in [2.75, 3.05) is 33.3 Å². The Labute approximate surface area is 192 Å². The zero-order chi connectivity index (χ0) is 23.0. The second kappa shape index (κ2) is 11.3. The Balaban J connectivity index is 1.56. The summed E-state index contributed by atoms with van der Waals surface area (Å²) in [6.07, 6.45) is 8.37. The lowest BCUT2D eigenvalue weighted by molar-refractivity contribution is -0.891. The normalized spacial score (nSPS) is 25.4. The molecule has 2 fully saturated rings. The highest BCUT2D eigenvalue weighted by Crippen LogP contribution is 2.42. The SMILES string of the molecule is CCCCCCOC(=O)C[N@+]1(C)CC[C@@H](OC(=O)[C@](O)(c2ccccc2)C2CCCC2)C1. The Kier molecular flexibility index (Phi) is 8.72. The van der Waals surface area contributed by atoms with E-state index in [1.165, 1.54) is 0 Å². The van der Waals surface area contributed by atoms with Crippen LogP contribution < -0.4 is 0 Å². The molecule has 1 saturated heterocycles. The highest BCUT2D eigenvalue weighted by atomic mass is 16.6. The summed E-state index contributed by atoms with van der Waals surface area (Å²) >= 11 is 0. The zero-order valence-corrected chi connectivity index (χ0v) is 19.8. The van der Waals surface area contributed by atoms with Gasteiger partial charge >= 0.3 is 11.9 Å². The largest absolute Gasteiger partial charge is 0.462 e. The lowest BCUT2D eigenvalue weighted by Crippen LogP contribution is -2.48. The Hall–Kier alpha value is -1.92. The summed E-state index contributed by atoms with van der Waals surface area (Å²) in [4.78, 5) is 25.6. The number of esters is 2. The number of likely N-dealkylation sites (tertiary alicyclic amines) is 1. The van der Waals surface area contributed by atoms with Crippen LogP contribution in [0.4, 0.5) is 0 Å². The molecular formula is C26H40NO5+. The first-order chi connectivity index (χ1) is 15.4. The predicted octanol–water partition coefficient (Wildman–Crippen LogP) is 3.95. The number of aliphatic hydroxyl groups is 1. The number of benzene rings is 1. The van der Waals surface area contributed by atoms with Gasteiger partial charge in [-0.2, -0.15) is 0 Å². The van der Waals surface area contributed by atoms with Gasteiger partial charge in [-0.05, 0) is 24.8 Å². The van der Waals surface area contributed by atoms with Crippen LogP contribution in [0.1, 0.15) is 70.3 Å². The third-order valence-electron chi connectivity index (χ3n) is 7.15. The van der Waals surface area contributed by atoms with Crippen molar-refractivity contribution in [3.8, 4) is 0 Å². The van der Waals surface area contributed by atoms with Gasteiger partial charge in [0.15, 0.2) is 18.2 Å². The molecule has 0 unspecified atom stereocenters. The first-order valence-corrected chi connectivity index (χ1v) is 12.4. The van der Waals surface area contributed by atoms with Crippen molar-refractivity contribution in [2.45, 2.75) is 76.4 Å². The molecule has 32 heavy (non-hydrogen) atoms. The van der Waals surface area contributed by atoms with Gasteiger partial charge < -0.3 is 19.1 Å². The number of hydrogen-bond donors (Lipinski definition) is 1. The van der Waals surface area contributed by atoms with Crippen LogP contribution in [0.25, 0.3) is 0 Å². The first-order valence-electron chi connectivity index (χ1n) is 12.4. The van der Waals surface area contributed by atoms with E-state index < -0.39 is 11.6 Å². The van der Waals surface area contributed by atoms with E-state index in [2.05, 4.69) is 6.92 Å². The molecule has 6 nitrogen and oxygen atoms in total. The lowest BCUT2D eigenvalue weighted by atomic mass is 9.80. The number of nitrogens with zero attached hydrogens (tertiary/aromatic N) is 1. The topological polar surface area (TPSA) is 72.8 Å².